The van der Waals surface area contributed by atoms with Crippen LogP contribution in [-0.4, -0.2) is 26.4 Å². The maximum atomic E-state index is 12.9. The van der Waals surface area contributed by atoms with E-state index in [0.717, 1.165) is 35.5 Å². The number of thioether (sulfide) groups is 1. The van der Waals surface area contributed by atoms with Crippen molar-refractivity contribution in [2.45, 2.75) is 24.8 Å². The molecule has 1 heterocycles. The van der Waals surface area contributed by atoms with E-state index < -0.39 is 17.6 Å². The van der Waals surface area contributed by atoms with Gasteiger partial charge in [0, 0.05) is 17.1 Å². The summed E-state index contributed by atoms with van der Waals surface area (Å²) in [7, 11) is 0. The van der Waals surface area contributed by atoms with Crippen LogP contribution in [-0.2, 0) is 17.5 Å². The van der Waals surface area contributed by atoms with Gasteiger partial charge in [-0.1, -0.05) is 35.0 Å². The number of aromatic nitrogens is 3. The van der Waals surface area contributed by atoms with E-state index in [2.05, 4.69) is 15.5 Å². The van der Waals surface area contributed by atoms with E-state index in [-0.39, 0.29) is 16.5 Å². The van der Waals surface area contributed by atoms with Gasteiger partial charge in [-0.05, 0) is 49.4 Å². The molecule has 1 aromatic heterocycles. The summed E-state index contributed by atoms with van der Waals surface area (Å²) in [6, 6.07) is 9.87. The molecule has 0 aliphatic carbocycles. The number of amides is 1. The van der Waals surface area contributed by atoms with Gasteiger partial charge in [0.05, 0.1) is 22.0 Å². The van der Waals surface area contributed by atoms with E-state index in [1.807, 2.05) is 23.6 Å². The predicted molar refractivity (Wildman–Crippen MR) is 112 cm³/mol. The van der Waals surface area contributed by atoms with E-state index in [0.29, 0.717) is 22.5 Å². The highest BCUT2D eigenvalue weighted by atomic mass is 35.5. The van der Waals surface area contributed by atoms with Gasteiger partial charge in [-0.3, -0.25) is 4.79 Å². The normalized spacial score (nSPS) is 11.5. The Morgan fingerprint density at radius 2 is 1.83 bits per heavy atom. The zero-order valence-corrected chi connectivity index (χ0v) is 17.8. The number of benzene rings is 2. The second-order valence-electron chi connectivity index (χ2n) is 6.09. The van der Waals surface area contributed by atoms with E-state index in [1.165, 1.54) is 0 Å². The summed E-state index contributed by atoms with van der Waals surface area (Å²) >= 11 is 12.9. The Hall–Kier alpha value is -2.23. The van der Waals surface area contributed by atoms with Crippen LogP contribution in [0.25, 0.3) is 11.4 Å². The van der Waals surface area contributed by atoms with Crippen LogP contribution in [0.1, 0.15) is 12.5 Å². The van der Waals surface area contributed by atoms with Gasteiger partial charge in [-0.2, -0.15) is 13.2 Å². The largest absolute Gasteiger partial charge is 0.416 e. The monoisotopic (exact) mass is 474 g/mol. The van der Waals surface area contributed by atoms with Gasteiger partial charge in [0.1, 0.15) is 0 Å². The van der Waals surface area contributed by atoms with Crippen molar-refractivity contribution in [3.05, 3.63) is 58.1 Å². The molecule has 3 aromatic rings. The number of halogens is 5. The van der Waals surface area contributed by atoms with Crippen LogP contribution in [0.5, 0.6) is 0 Å². The number of carbonyl (C=O) groups excluding carboxylic acids is 1. The Morgan fingerprint density at radius 3 is 2.47 bits per heavy atom. The zero-order chi connectivity index (χ0) is 21.9. The van der Waals surface area contributed by atoms with Crippen LogP contribution >= 0.6 is 35.0 Å². The Morgan fingerprint density at radius 1 is 1.13 bits per heavy atom. The summed E-state index contributed by atoms with van der Waals surface area (Å²) in [6.07, 6.45) is -4.53. The standard InChI is InChI=1S/C19H15Cl2F3N4OS/c1-2-28-17(11-3-6-13(20)7-4-11)26-27-18(28)30-10-16(29)25-15-9-12(19(22,23)24)5-8-14(15)21/h3-9H,2,10H2,1H3,(H,25,29). The second-order valence-corrected chi connectivity index (χ2v) is 7.87. The third-order valence-corrected chi connectivity index (χ3v) is 5.58. The minimum Gasteiger partial charge on any atom is -0.324 e. The van der Waals surface area contributed by atoms with Crippen LogP contribution < -0.4 is 5.32 Å². The highest BCUT2D eigenvalue weighted by Gasteiger charge is 2.31. The minimum absolute atomic E-state index is 0.0168. The molecule has 5 nitrogen and oxygen atoms in total. The van der Waals surface area contributed by atoms with Gasteiger partial charge < -0.3 is 9.88 Å². The molecule has 1 N–H and O–H groups in total. The van der Waals surface area contributed by atoms with Gasteiger partial charge >= 0.3 is 6.18 Å². The first kappa shape index (κ1) is 22.5. The molecule has 3 rings (SSSR count). The first-order valence-corrected chi connectivity index (χ1v) is 10.4. The fourth-order valence-corrected chi connectivity index (χ4v) is 3.70. The number of nitrogens with zero attached hydrogens (tertiary/aromatic N) is 3. The molecule has 0 aliphatic heterocycles. The minimum atomic E-state index is -4.53. The quantitative estimate of drug-likeness (QED) is 0.443. The summed E-state index contributed by atoms with van der Waals surface area (Å²) in [4.78, 5) is 12.3. The highest BCUT2D eigenvalue weighted by Crippen LogP contribution is 2.34. The molecule has 0 radical (unpaired) electrons. The fraction of sp³-hybridized carbons (Fsp3) is 0.211. The van der Waals surface area contributed by atoms with Crippen molar-refractivity contribution in [3.63, 3.8) is 0 Å². The Labute approximate surface area is 184 Å². The molecule has 30 heavy (non-hydrogen) atoms. The maximum Gasteiger partial charge on any atom is 0.416 e. The smallest absolute Gasteiger partial charge is 0.324 e. The van der Waals surface area contributed by atoms with Gasteiger partial charge in [0.15, 0.2) is 11.0 Å². The summed E-state index contributed by atoms with van der Waals surface area (Å²) in [5.74, 6) is 0.0311. The molecule has 0 aliphatic rings. The molecule has 0 atom stereocenters. The lowest BCUT2D eigenvalue weighted by Crippen LogP contribution is -2.16. The zero-order valence-electron chi connectivity index (χ0n) is 15.5. The van der Waals surface area contributed by atoms with Crippen molar-refractivity contribution in [2.24, 2.45) is 0 Å². The Balaban J connectivity index is 1.70. The van der Waals surface area contributed by atoms with Crippen LogP contribution in [0.3, 0.4) is 0 Å². The molecule has 0 fully saturated rings. The number of hydrogen-bond acceptors (Lipinski definition) is 4. The van der Waals surface area contributed by atoms with Crippen LogP contribution in [0.15, 0.2) is 47.6 Å². The first-order valence-electron chi connectivity index (χ1n) is 8.67. The fourth-order valence-electron chi connectivity index (χ4n) is 2.61. The second kappa shape index (κ2) is 9.28. The topological polar surface area (TPSA) is 59.8 Å². The lowest BCUT2D eigenvalue weighted by Gasteiger charge is -2.12. The van der Waals surface area contributed by atoms with Crippen LogP contribution in [0, 0.1) is 0 Å². The number of rotatable bonds is 6. The Kier molecular flexibility index (Phi) is 6.95. The van der Waals surface area contributed by atoms with Crippen molar-refractivity contribution < 1.29 is 18.0 Å². The number of alkyl halides is 3. The summed E-state index contributed by atoms with van der Waals surface area (Å²) in [5.41, 5.74) is -0.176. The van der Waals surface area contributed by atoms with Crippen molar-refractivity contribution in [3.8, 4) is 11.4 Å². The van der Waals surface area contributed by atoms with Gasteiger partial charge in [0.25, 0.3) is 0 Å². The van der Waals surface area contributed by atoms with E-state index >= 15 is 0 Å². The molecular formula is C19H15Cl2F3N4OS. The third-order valence-electron chi connectivity index (χ3n) is 4.04. The molecule has 158 valence electrons. The molecule has 11 heteroatoms. The molecule has 0 saturated carbocycles. The molecule has 0 spiro atoms. The average molecular weight is 475 g/mol. The molecule has 2 aromatic carbocycles. The van der Waals surface area contributed by atoms with Crippen LogP contribution in [0.4, 0.5) is 18.9 Å². The van der Waals surface area contributed by atoms with Crippen molar-refractivity contribution in [2.75, 3.05) is 11.1 Å². The number of nitrogens with one attached hydrogen (secondary N) is 1. The SMILES string of the molecule is CCn1c(SCC(=O)Nc2cc(C(F)(F)F)ccc2Cl)nnc1-c1ccc(Cl)cc1. The van der Waals surface area contributed by atoms with Gasteiger partial charge in [0.2, 0.25) is 5.91 Å². The van der Waals surface area contributed by atoms with E-state index in [4.69, 9.17) is 23.2 Å². The molecule has 1 amide bonds. The van der Waals surface area contributed by atoms with E-state index in [1.54, 1.807) is 12.1 Å². The van der Waals surface area contributed by atoms with Crippen LogP contribution in [0.2, 0.25) is 10.0 Å². The molecule has 0 bridgehead atoms. The molecule has 0 unspecified atom stereocenters. The third kappa shape index (κ3) is 5.27. The number of hydrogen-bond donors (Lipinski definition) is 1. The summed E-state index contributed by atoms with van der Waals surface area (Å²) < 4.78 is 40.4. The lowest BCUT2D eigenvalue weighted by atomic mass is 10.2. The van der Waals surface area contributed by atoms with Crippen molar-refractivity contribution >= 4 is 46.6 Å². The summed E-state index contributed by atoms with van der Waals surface area (Å²) in [6.45, 7) is 2.48. The summed E-state index contributed by atoms with van der Waals surface area (Å²) in [5, 5.41) is 11.8. The van der Waals surface area contributed by atoms with E-state index in [9.17, 15) is 18.0 Å². The van der Waals surface area contributed by atoms with Gasteiger partial charge in [-0.15, -0.1) is 10.2 Å². The highest BCUT2D eigenvalue weighted by molar-refractivity contribution is 7.99. The van der Waals surface area contributed by atoms with Crippen molar-refractivity contribution in [1.29, 1.82) is 0 Å². The first-order chi connectivity index (χ1) is 14.2. The maximum absolute atomic E-state index is 12.9. The number of anilines is 1. The molecule has 0 saturated heterocycles. The predicted octanol–water partition coefficient (Wildman–Crippen LogP) is 6.02. The van der Waals surface area contributed by atoms with Gasteiger partial charge in [-0.25, -0.2) is 0 Å². The van der Waals surface area contributed by atoms with Crippen molar-refractivity contribution in [1.82, 2.24) is 14.8 Å². The average Bonchev–Trinajstić information content (AvgIpc) is 3.10. The lowest BCUT2D eigenvalue weighted by molar-refractivity contribution is -0.137. The Bertz CT molecular complexity index is 1050. The number of carbonyl (C=O) groups is 1. The molecular weight excluding hydrogens is 460 g/mol.